The molecular formula is C15H30N2O3. The van der Waals surface area contributed by atoms with Crippen LogP contribution in [0, 0.1) is 5.41 Å². The summed E-state index contributed by atoms with van der Waals surface area (Å²) in [5.74, 6) is -0.0100. The van der Waals surface area contributed by atoms with Gasteiger partial charge in [0.05, 0.1) is 7.11 Å². The number of hydrogen-bond donors (Lipinski definition) is 1. The molecule has 1 spiro atoms. The van der Waals surface area contributed by atoms with Crippen LogP contribution in [0.4, 0.5) is 4.79 Å². The second-order valence-corrected chi connectivity index (χ2v) is 5.12. The zero-order valence-corrected chi connectivity index (χ0v) is 13.6. The van der Waals surface area contributed by atoms with Crippen molar-refractivity contribution in [3.63, 3.8) is 0 Å². The molecule has 0 aromatic heterocycles. The number of alkyl carbamates (subject to hydrolysis) is 1. The lowest BCUT2D eigenvalue weighted by Gasteiger charge is -2.16. The highest BCUT2D eigenvalue weighted by Gasteiger charge is 2.48. The van der Waals surface area contributed by atoms with Crippen LogP contribution in [0.5, 0.6) is 0 Å². The van der Waals surface area contributed by atoms with Crippen molar-refractivity contribution < 1.29 is 14.3 Å². The number of carbonyl (C=O) groups is 2. The van der Waals surface area contributed by atoms with Gasteiger partial charge in [0.1, 0.15) is 6.54 Å². The van der Waals surface area contributed by atoms with E-state index in [4.69, 9.17) is 0 Å². The summed E-state index contributed by atoms with van der Waals surface area (Å²) in [6.07, 6.45) is 4.32. The van der Waals surface area contributed by atoms with E-state index in [-0.39, 0.29) is 12.5 Å². The number of nitrogens with zero attached hydrogens (tertiary/aromatic N) is 1. The van der Waals surface area contributed by atoms with Crippen LogP contribution in [-0.2, 0) is 9.53 Å². The van der Waals surface area contributed by atoms with Gasteiger partial charge >= 0.3 is 6.09 Å². The molecule has 2 rings (SSSR count). The molecule has 5 heteroatoms. The highest BCUT2D eigenvalue weighted by molar-refractivity contribution is 5.82. The van der Waals surface area contributed by atoms with Crippen molar-refractivity contribution in [1.29, 1.82) is 0 Å². The Labute approximate surface area is 123 Å². The smallest absolute Gasteiger partial charge is 0.407 e. The molecule has 1 saturated heterocycles. The molecule has 1 aliphatic carbocycles. The number of hydrogen-bond acceptors (Lipinski definition) is 3. The highest BCUT2D eigenvalue weighted by atomic mass is 16.5. The van der Waals surface area contributed by atoms with Gasteiger partial charge in [0.25, 0.3) is 0 Å². The third-order valence-corrected chi connectivity index (χ3v) is 3.32. The highest BCUT2D eigenvalue weighted by Crippen LogP contribution is 2.52. The number of amides is 2. The summed E-state index contributed by atoms with van der Waals surface area (Å²) in [6, 6.07) is 0. The normalized spacial score (nSPS) is 17.4. The Balaban J connectivity index is 0.000000641. The number of carbonyl (C=O) groups excluding carboxylic acids is 2. The van der Waals surface area contributed by atoms with Crippen LogP contribution in [0.15, 0.2) is 0 Å². The van der Waals surface area contributed by atoms with Gasteiger partial charge in [-0.3, -0.25) is 4.79 Å². The molecule has 0 atom stereocenters. The summed E-state index contributed by atoms with van der Waals surface area (Å²) in [7, 11) is 1.29. The molecule has 20 heavy (non-hydrogen) atoms. The Kier molecular flexibility index (Phi) is 9.01. The summed E-state index contributed by atoms with van der Waals surface area (Å²) in [5, 5.41) is 2.40. The zero-order valence-electron chi connectivity index (χ0n) is 13.6. The van der Waals surface area contributed by atoms with Gasteiger partial charge in [0, 0.05) is 13.1 Å². The average Bonchev–Trinajstić information content (AvgIpc) is 3.08. The van der Waals surface area contributed by atoms with Gasteiger partial charge in [-0.05, 0) is 24.7 Å². The Morgan fingerprint density at radius 3 is 2.15 bits per heavy atom. The molecule has 1 N–H and O–H groups in total. The first-order valence-corrected chi connectivity index (χ1v) is 7.66. The predicted molar refractivity (Wildman–Crippen MR) is 80.6 cm³/mol. The van der Waals surface area contributed by atoms with E-state index in [1.54, 1.807) is 0 Å². The van der Waals surface area contributed by atoms with Gasteiger partial charge in [0.15, 0.2) is 0 Å². The average molecular weight is 286 g/mol. The summed E-state index contributed by atoms with van der Waals surface area (Å²) in [6.45, 7) is 10.00. The first-order valence-electron chi connectivity index (χ1n) is 7.66. The summed E-state index contributed by atoms with van der Waals surface area (Å²) < 4.78 is 4.40. The van der Waals surface area contributed by atoms with Crippen molar-refractivity contribution in [1.82, 2.24) is 10.2 Å². The number of likely N-dealkylation sites (tertiary alicyclic amines) is 1. The lowest BCUT2D eigenvalue weighted by atomic mass is 10.1. The Hall–Kier alpha value is -1.26. The molecule has 5 nitrogen and oxygen atoms in total. The predicted octanol–water partition coefficient (Wildman–Crippen LogP) is 2.80. The van der Waals surface area contributed by atoms with Crippen LogP contribution in [0.3, 0.4) is 0 Å². The first kappa shape index (κ1) is 18.7. The van der Waals surface area contributed by atoms with Gasteiger partial charge in [-0.25, -0.2) is 4.79 Å². The Morgan fingerprint density at radius 2 is 1.75 bits per heavy atom. The van der Waals surface area contributed by atoms with Crippen molar-refractivity contribution in [2.24, 2.45) is 5.41 Å². The van der Waals surface area contributed by atoms with Gasteiger partial charge in [0.2, 0.25) is 5.91 Å². The van der Waals surface area contributed by atoms with Crippen molar-refractivity contribution in [3.8, 4) is 0 Å². The fourth-order valence-corrected chi connectivity index (χ4v) is 2.06. The number of ether oxygens (including phenoxy) is 1. The van der Waals surface area contributed by atoms with Gasteiger partial charge < -0.3 is 15.0 Å². The van der Waals surface area contributed by atoms with E-state index < -0.39 is 6.09 Å². The molecule has 2 fully saturated rings. The molecule has 118 valence electrons. The Bertz CT molecular complexity index is 301. The van der Waals surface area contributed by atoms with Crippen molar-refractivity contribution >= 4 is 12.0 Å². The molecule has 0 bridgehead atoms. The maximum Gasteiger partial charge on any atom is 0.407 e. The third kappa shape index (κ3) is 6.26. The Morgan fingerprint density at radius 1 is 1.20 bits per heavy atom. The molecule has 2 aliphatic rings. The minimum Gasteiger partial charge on any atom is -0.453 e. The second kappa shape index (κ2) is 9.61. The van der Waals surface area contributed by atoms with Crippen molar-refractivity contribution in [2.45, 2.75) is 53.4 Å². The monoisotopic (exact) mass is 286 g/mol. The number of nitrogens with one attached hydrogen (secondary N) is 1. The van der Waals surface area contributed by atoms with Crippen LogP contribution >= 0.6 is 0 Å². The third-order valence-electron chi connectivity index (χ3n) is 3.32. The molecule has 0 radical (unpaired) electrons. The van der Waals surface area contributed by atoms with Crippen LogP contribution in [0.1, 0.15) is 53.4 Å². The van der Waals surface area contributed by atoms with E-state index in [1.807, 2.05) is 18.7 Å². The van der Waals surface area contributed by atoms with Gasteiger partial charge in [-0.1, -0.05) is 34.1 Å². The molecule has 2 amide bonds. The minimum atomic E-state index is -0.552. The molecule has 1 aliphatic heterocycles. The van der Waals surface area contributed by atoms with Crippen LogP contribution < -0.4 is 5.32 Å². The van der Waals surface area contributed by atoms with E-state index in [9.17, 15) is 9.59 Å². The molecular weight excluding hydrogens is 256 g/mol. The SMILES string of the molecule is CC.CCC.COC(=O)NCC(=O)N1CCC2(CC2)C1. The summed E-state index contributed by atoms with van der Waals surface area (Å²) >= 11 is 0. The maximum atomic E-state index is 11.6. The molecule has 1 saturated carbocycles. The fraction of sp³-hybridized carbons (Fsp3) is 0.867. The van der Waals surface area contributed by atoms with Gasteiger partial charge in [-0.15, -0.1) is 0 Å². The summed E-state index contributed by atoms with van der Waals surface area (Å²) in [4.78, 5) is 24.2. The molecule has 0 aromatic carbocycles. The van der Waals surface area contributed by atoms with E-state index in [2.05, 4.69) is 23.9 Å². The molecule has 0 aromatic rings. The van der Waals surface area contributed by atoms with E-state index in [1.165, 1.54) is 26.4 Å². The van der Waals surface area contributed by atoms with E-state index in [0.29, 0.717) is 5.41 Å². The zero-order chi connectivity index (χ0) is 15.6. The number of methoxy groups -OCH3 is 1. The quantitative estimate of drug-likeness (QED) is 0.849. The number of rotatable bonds is 2. The minimum absolute atomic E-state index is 0.0100. The molecule has 1 heterocycles. The van der Waals surface area contributed by atoms with E-state index in [0.717, 1.165) is 19.5 Å². The van der Waals surface area contributed by atoms with Crippen LogP contribution in [-0.4, -0.2) is 43.6 Å². The molecule has 0 unspecified atom stereocenters. The van der Waals surface area contributed by atoms with Crippen LogP contribution in [0.2, 0.25) is 0 Å². The van der Waals surface area contributed by atoms with Crippen LogP contribution in [0.25, 0.3) is 0 Å². The largest absolute Gasteiger partial charge is 0.453 e. The van der Waals surface area contributed by atoms with Crippen molar-refractivity contribution in [2.75, 3.05) is 26.7 Å². The standard InChI is InChI=1S/C10H16N2O3.C3H8.C2H6/c1-15-9(14)11-6-8(13)12-5-4-10(7-12)2-3-10;1-3-2;1-2/h2-7H2,1H3,(H,11,14);3H2,1-2H3;1-2H3. The van der Waals surface area contributed by atoms with Gasteiger partial charge in [-0.2, -0.15) is 0 Å². The lowest BCUT2D eigenvalue weighted by Crippen LogP contribution is -2.39. The maximum absolute atomic E-state index is 11.6. The van der Waals surface area contributed by atoms with E-state index >= 15 is 0 Å². The topological polar surface area (TPSA) is 58.6 Å². The summed E-state index contributed by atoms with van der Waals surface area (Å²) in [5.41, 5.74) is 0.445. The van der Waals surface area contributed by atoms with Crippen molar-refractivity contribution in [3.05, 3.63) is 0 Å². The lowest BCUT2D eigenvalue weighted by molar-refractivity contribution is -0.129. The second-order valence-electron chi connectivity index (χ2n) is 5.12. The first-order chi connectivity index (χ1) is 9.56. The fourth-order valence-electron chi connectivity index (χ4n) is 2.06.